The van der Waals surface area contributed by atoms with Crippen molar-refractivity contribution in [3.05, 3.63) is 66.9 Å². The maximum Gasteiger partial charge on any atom is 0.0784 e. The predicted octanol–water partition coefficient (Wildman–Crippen LogP) is 3.94. The molecule has 0 N–H and O–H groups in total. The molecule has 0 bridgehead atoms. The van der Waals surface area contributed by atoms with Crippen LogP contribution in [0.4, 0.5) is 0 Å². The third-order valence-electron chi connectivity index (χ3n) is 3.10. The fraction of sp³-hybridized carbons (Fsp3) is 0.0625. The van der Waals surface area contributed by atoms with Crippen LogP contribution in [0.15, 0.2) is 61.3 Å². The van der Waals surface area contributed by atoms with Crippen molar-refractivity contribution in [3.8, 4) is 22.4 Å². The van der Waals surface area contributed by atoms with Gasteiger partial charge in [-0.3, -0.25) is 15.0 Å². The molecular weight excluding hydrogens is 270 g/mol. The Kier molecular flexibility index (Phi) is 3.70. The minimum Gasteiger partial charge on any atom is -0.265 e. The fourth-order valence-corrected chi connectivity index (χ4v) is 2.41. The molecule has 0 aliphatic carbocycles. The van der Waals surface area contributed by atoms with Gasteiger partial charge >= 0.3 is 0 Å². The Bertz CT molecular complexity index is 699. The normalized spacial score (nSPS) is 10.4. The van der Waals surface area contributed by atoms with E-state index in [1.165, 1.54) is 0 Å². The van der Waals surface area contributed by atoms with Crippen LogP contribution in [0.2, 0.25) is 0 Å². The molecular formula is C16H12ClN3. The van der Waals surface area contributed by atoms with Gasteiger partial charge in [0, 0.05) is 48.0 Å². The molecule has 20 heavy (non-hydrogen) atoms. The van der Waals surface area contributed by atoms with Crippen molar-refractivity contribution in [3.63, 3.8) is 0 Å². The second-order valence-corrected chi connectivity index (χ2v) is 4.57. The first-order valence-corrected chi connectivity index (χ1v) is 6.78. The molecule has 0 atom stereocenters. The zero-order valence-electron chi connectivity index (χ0n) is 10.7. The standard InChI is InChI=1S/C16H12ClN3/c17-11-14-5-10-20-16(13-3-8-19-9-4-13)15(14)12-1-6-18-7-2-12/h1-10H,11H2. The van der Waals surface area contributed by atoms with Crippen LogP contribution >= 0.6 is 11.6 Å². The highest BCUT2D eigenvalue weighted by Crippen LogP contribution is 2.33. The van der Waals surface area contributed by atoms with E-state index < -0.39 is 0 Å². The van der Waals surface area contributed by atoms with Crippen LogP contribution in [0.3, 0.4) is 0 Å². The smallest absolute Gasteiger partial charge is 0.0784 e. The molecule has 3 aromatic rings. The molecule has 0 saturated heterocycles. The summed E-state index contributed by atoms with van der Waals surface area (Å²) in [6.45, 7) is 0. The number of alkyl halides is 1. The molecule has 0 spiro atoms. The van der Waals surface area contributed by atoms with Crippen molar-refractivity contribution in [1.82, 2.24) is 15.0 Å². The third-order valence-corrected chi connectivity index (χ3v) is 3.39. The zero-order valence-corrected chi connectivity index (χ0v) is 11.5. The van der Waals surface area contributed by atoms with E-state index in [4.69, 9.17) is 11.6 Å². The fourth-order valence-electron chi connectivity index (χ4n) is 2.18. The molecule has 0 aliphatic heterocycles. The highest BCUT2D eigenvalue weighted by molar-refractivity contribution is 6.17. The lowest BCUT2D eigenvalue weighted by atomic mass is 9.96. The summed E-state index contributed by atoms with van der Waals surface area (Å²) < 4.78 is 0. The number of nitrogens with zero attached hydrogens (tertiary/aromatic N) is 3. The first-order chi connectivity index (χ1) is 9.90. The Morgan fingerprint density at radius 1 is 0.750 bits per heavy atom. The van der Waals surface area contributed by atoms with Crippen LogP contribution in [-0.2, 0) is 5.88 Å². The summed E-state index contributed by atoms with van der Waals surface area (Å²) in [4.78, 5) is 12.6. The van der Waals surface area contributed by atoms with Gasteiger partial charge in [-0.1, -0.05) is 0 Å². The van der Waals surface area contributed by atoms with Crippen molar-refractivity contribution in [2.24, 2.45) is 0 Å². The first kappa shape index (κ1) is 12.8. The largest absolute Gasteiger partial charge is 0.265 e. The molecule has 0 aliphatic rings. The molecule has 0 unspecified atom stereocenters. The van der Waals surface area contributed by atoms with Crippen LogP contribution < -0.4 is 0 Å². The average Bonchev–Trinajstić information content (AvgIpc) is 2.55. The number of rotatable bonds is 3. The molecule has 3 heterocycles. The van der Waals surface area contributed by atoms with E-state index in [-0.39, 0.29) is 0 Å². The second kappa shape index (κ2) is 5.80. The maximum atomic E-state index is 6.09. The van der Waals surface area contributed by atoms with Crippen LogP contribution in [0.1, 0.15) is 5.56 Å². The lowest BCUT2D eigenvalue weighted by Gasteiger charge is -2.12. The van der Waals surface area contributed by atoms with Crippen molar-refractivity contribution in [2.45, 2.75) is 5.88 Å². The van der Waals surface area contributed by atoms with E-state index in [0.717, 1.165) is 27.9 Å². The van der Waals surface area contributed by atoms with Crippen LogP contribution in [0.5, 0.6) is 0 Å². The van der Waals surface area contributed by atoms with Gasteiger partial charge in [-0.25, -0.2) is 0 Å². The monoisotopic (exact) mass is 281 g/mol. The van der Waals surface area contributed by atoms with Gasteiger partial charge in [0.1, 0.15) is 0 Å². The minimum atomic E-state index is 0.443. The van der Waals surface area contributed by atoms with Gasteiger partial charge in [0.05, 0.1) is 5.69 Å². The summed E-state index contributed by atoms with van der Waals surface area (Å²) in [7, 11) is 0. The highest BCUT2D eigenvalue weighted by Gasteiger charge is 2.13. The van der Waals surface area contributed by atoms with Crippen LogP contribution in [0, 0.1) is 0 Å². The Labute approximate surface area is 122 Å². The number of pyridine rings is 3. The summed E-state index contributed by atoms with van der Waals surface area (Å²) in [6.07, 6.45) is 8.87. The van der Waals surface area contributed by atoms with Gasteiger partial charge in [0.2, 0.25) is 0 Å². The van der Waals surface area contributed by atoms with E-state index in [1.807, 2.05) is 30.3 Å². The molecule has 3 aromatic heterocycles. The lowest BCUT2D eigenvalue weighted by molar-refractivity contribution is 1.25. The van der Waals surface area contributed by atoms with Crippen molar-refractivity contribution >= 4 is 11.6 Å². The van der Waals surface area contributed by atoms with E-state index in [2.05, 4.69) is 15.0 Å². The van der Waals surface area contributed by atoms with Gasteiger partial charge in [-0.15, -0.1) is 11.6 Å². The number of halogens is 1. The summed E-state index contributed by atoms with van der Waals surface area (Å²) in [5, 5.41) is 0. The molecule has 98 valence electrons. The quantitative estimate of drug-likeness (QED) is 0.683. The van der Waals surface area contributed by atoms with Gasteiger partial charge < -0.3 is 0 Å². The molecule has 0 aromatic carbocycles. The van der Waals surface area contributed by atoms with Crippen LogP contribution in [0.25, 0.3) is 22.4 Å². The van der Waals surface area contributed by atoms with E-state index in [0.29, 0.717) is 5.88 Å². The molecule has 0 radical (unpaired) electrons. The summed E-state index contributed by atoms with van der Waals surface area (Å²) in [6, 6.07) is 9.79. The van der Waals surface area contributed by atoms with Gasteiger partial charge in [0.15, 0.2) is 0 Å². The minimum absolute atomic E-state index is 0.443. The molecule has 0 fully saturated rings. The third kappa shape index (κ3) is 2.40. The van der Waals surface area contributed by atoms with Crippen LogP contribution in [-0.4, -0.2) is 15.0 Å². The van der Waals surface area contributed by atoms with Gasteiger partial charge in [-0.2, -0.15) is 0 Å². The first-order valence-electron chi connectivity index (χ1n) is 6.25. The molecule has 3 nitrogen and oxygen atoms in total. The van der Waals surface area contributed by atoms with Gasteiger partial charge in [0.25, 0.3) is 0 Å². The number of hydrogen-bond acceptors (Lipinski definition) is 3. The van der Waals surface area contributed by atoms with E-state index >= 15 is 0 Å². The molecule has 3 rings (SSSR count). The Balaban J connectivity index is 2.26. The van der Waals surface area contributed by atoms with Crippen molar-refractivity contribution < 1.29 is 0 Å². The van der Waals surface area contributed by atoms with Gasteiger partial charge in [-0.05, 0) is 41.5 Å². The summed E-state index contributed by atoms with van der Waals surface area (Å²) in [5.41, 5.74) is 5.11. The maximum absolute atomic E-state index is 6.09. The zero-order chi connectivity index (χ0) is 13.8. The average molecular weight is 282 g/mol. The summed E-state index contributed by atoms with van der Waals surface area (Å²) >= 11 is 6.09. The Morgan fingerprint density at radius 3 is 1.95 bits per heavy atom. The highest BCUT2D eigenvalue weighted by atomic mass is 35.5. The van der Waals surface area contributed by atoms with Crippen molar-refractivity contribution in [2.75, 3.05) is 0 Å². The SMILES string of the molecule is ClCc1ccnc(-c2ccncc2)c1-c1ccncc1. The molecule has 4 heteroatoms. The molecule has 0 amide bonds. The van der Waals surface area contributed by atoms with E-state index in [1.54, 1.807) is 31.0 Å². The Hall–Kier alpha value is -2.26. The summed E-state index contributed by atoms with van der Waals surface area (Å²) in [5.74, 6) is 0.443. The molecule has 0 saturated carbocycles. The number of hydrogen-bond donors (Lipinski definition) is 0. The Morgan fingerprint density at radius 2 is 1.35 bits per heavy atom. The van der Waals surface area contributed by atoms with Crippen molar-refractivity contribution in [1.29, 1.82) is 0 Å². The topological polar surface area (TPSA) is 38.7 Å². The second-order valence-electron chi connectivity index (χ2n) is 4.30. The lowest BCUT2D eigenvalue weighted by Crippen LogP contribution is -1.94. The number of aromatic nitrogens is 3. The predicted molar refractivity (Wildman–Crippen MR) is 80.3 cm³/mol. The van der Waals surface area contributed by atoms with E-state index in [9.17, 15) is 0 Å².